The van der Waals surface area contributed by atoms with Crippen molar-refractivity contribution >= 4 is 5.69 Å². The fourth-order valence-electron chi connectivity index (χ4n) is 5.77. The van der Waals surface area contributed by atoms with Gasteiger partial charge in [0.2, 0.25) is 0 Å². The Labute approximate surface area is 140 Å². The molecule has 0 spiro atoms. The maximum absolute atomic E-state index is 12.1. The van der Waals surface area contributed by atoms with E-state index in [0.29, 0.717) is 17.8 Å². The molecule has 2 saturated carbocycles. The van der Waals surface area contributed by atoms with Crippen LogP contribution in [0.15, 0.2) is 23.0 Å². The van der Waals surface area contributed by atoms with Crippen molar-refractivity contribution in [2.75, 3.05) is 0 Å². The van der Waals surface area contributed by atoms with Crippen LogP contribution in [0.1, 0.15) is 56.1 Å². The molecule has 0 unspecified atom stereocenters. The SMILES string of the molecule is C[C@]12CC[C@@H]3c4ccc([N+](=O)[O-])c(=O)cc4CC[C@H]3[C@@H]1CC[C@@H]2O. The van der Waals surface area contributed by atoms with Gasteiger partial charge in [0.1, 0.15) is 0 Å². The molecular formula is C19H23NO4. The molecule has 5 atom stereocenters. The van der Waals surface area contributed by atoms with Crippen LogP contribution in [0.5, 0.6) is 0 Å². The summed E-state index contributed by atoms with van der Waals surface area (Å²) in [5, 5.41) is 21.5. The molecule has 24 heavy (non-hydrogen) atoms. The molecule has 5 nitrogen and oxygen atoms in total. The highest BCUT2D eigenvalue weighted by Gasteiger charge is 2.54. The average Bonchev–Trinajstić information content (AvgIpc) is 2.73. The predicted octanol–water partition coefficient (Wildman–Crippen LogP) is 3.17. The Kier molecular flexibility index (Phi) is 3.53. The molecule has 3 aliphatic carbocycles. The molecule has 0 heterocycles. The molecule has 4 rings (SSSR count). The van der Waals surface area contributed by atoms with Crippen LogP contribution in [0.2, 0.25) is 0 Å². The Bertz CT molecular complexity index is 761. The minimum absolute atomic E-state index is 0.0192. The van der Waals surface area contributed by atoms with Crippen molar-refractivity contribution in [3.05, 3.63) is 49.7 Å². The lowest BCUT2D eigenvalue weighted by Crippen LogP contribution is -2.43. The van der Waals surface area contributed by atoms with E-state index < -0.39 is 10.4 Å². The van der Waals surface area contributed by atoms with E-state index in [4.69, 9.17) is 0 Å². The molecule has 0 amide bonds. The fraction of sp³-hybridized carbons (Fsp3) is 0.632. The van der Waals surface area contributed by atoms with E-state index in [-0.39, 0.29) is 17.2 Å². The lowest BCUT2D eigenvalue weighted by atomic mass is 9.55. The van der Waals surface area contributed by atoms with E-state index >= 15 is 0 Å². The summed E-state index contributed by atoms with van der Waals surface area (Å²) in [5.74, 6) is 1.40. The Morgan fingerprint density at radius 3 is 2.79 bits per heavy atom. The average molecular weight is 329 g/mol. The Balaban J connectivity index is 1.77. The molecule has 0 saturated heterocycles. The van der Waals surface area contributed by atoms with Gasteiger partial charge in [0.05, 0.1) is 11.0 Å². The van der Waals surface area contributed by atoms with E-state index in [1.165, 1.54) is 12.1 Å². The minimum atomic E-state index is -0.587. The Morgan fingerprint density at radius 1 is 1.25 bits per heavy atom. The van der Waals surface area contributed by atoms with Crippen LogP contribution >= 0.6 is 0 Å². The number of aliphatic hydroxyl groups is 1. The van der Waals surface area contributed by atoms with Gasteiger partial charge >= 0.3 is 5.69 Å². The largest absolute Gasteiger partial charge is 0.393 e. The smallest absolute Gasteiger partial charge is 0.316 e. The van der Waals surface area contributed by atoms with Crippen molar-refractivity contribution < 1.29 is 10.0 Å². The summed E-state index contributed by atoms with van der Waals surface area (Å²) in [6.07, 6.45) is 5.56. The zero-order valence-electron chi connectivity index (χ0n) is 13.9. The number of hydrogen-bond acceptors (Lipinski definition) is 4. The van der Waals surface area contributed by atoms with Crippen molar-refractivity contribution in [1.29, 1.82) is 0 Å². The first-order valence-electron chi connectivity index (χ1n) is 8.91. The molecule has 5 heteroatoms. The molecule has 1 N–H and O–H groups in total. The number of aryl methyl sites for hydroxylation is 1. The molecule has 128 valence electrons. The van der Waals surface area contributed by atoms with Gasteiger partial charge in [-0.05, 0) is 78.9 Å². The third-order valence-electron chi connectivity index (χ3n) is 7.08. The van der Waals surface area contributed by atoms with Crippen LogP contribution < -0.4 is 5.43 Å². The summed E-state index contributed by atoms with van der Waals surface area (Å²) in [4.78, 5) is 22.6. The molecule has 3 aliphatic rings. The van der Waals surface area contributed by atoms with Crippen LogP contribution in [0.3, 0.4) is 0 Å². The van der Waals surface area contributed by atoms with Gasteiger partial charge in [-0.15, -0.1) is 0 Å². The van der Waals surface area contributed by atoms with E-state index in [1.54, 1.807) is 0 Å². The number of aliphatic hydroxyl groups excluding tert-OH is 1. The predicted molar refractivity (Wildman–Crippen MR) is 90.0 cm³/mol. The summed E-state index contributed by atoms with van der Waals surface area (Å²) in [6, 6.07) is 4.70. The van der Waals surface area contributed by atoms with Crippen LogP contribution in [-0.4, -0.2) is 16.1 Å². The van der Waals surface area contributed by atoms with Crippen LogP contribution in [-0.2, 0) is 6.42 Å². The number of nitrogens with zero attached hydrogens (tertiary/aromatic N) is 1. The topological polar surface area (TPSA) is 80.4 Å². The van der Waals surface area contributed by atoms with Gasteiger partial charge in [-0.2, -0.15) is 0 Å². The first-order valence-corrected chi connectivity index (χ1v) is 8.91. The Morgan fingerprint density at radius 2 is 2.04 bits per heavy atom. The summed E-state index contributed by atoms with van der Waals surface area (Å²) in [7, 11) is 0. The van der Waals surface area contributed by atoms with E-state index in [1.807, 2.05) is 6.07 Å². The highest BCUT2D eigenvalue weighted by molar-refractivity contribution is 5.40. The summed E-state index contributed by atoms with van der Waals surface area (Å²) in [6.45, 7) is 2.23. The normalized spacial score (nSPS) is 37.2. The van der Waals surface area contributed by atoms with Gasteiger partial charge in [-0.25, -0.2) is 0 Å². The van der Waals surface area contributed by atoms with Gasteiger partial charge in [-0.1, -0.05) is 13.0 Å². The maximum atomic E-state index is 12.1. The second-order valence-corrected chi connectivity index (χ2v) is 8.02. The monoisotopic (exact) mass is 329 g/mol. The van der Waals surface area contributed by atoms with Crippen molar-refractivity contribution in [1.82, 2.24) is 0 Å². The van der Waals surface area contributed by atoms with E-state index in [0.717, 1.165) is 49.7 Å². The van der Waals surface area contributed by atoms with E-state index in [9.17, 15) is 20.0 Å². The summed E-state index contributed by atoms with van der Waals surface area (Å²) < 4.78 is 0. The maximum Gasteiger partial charge on any atom is 0.316 e. The first-order chi connectivity index (χ1) is 11.4. The van der Waals surface area contributed by atoms with Crippen molar-refractivity contribution in [3.8, 4) is 0 Å². The third-order valence-corrected chi connectivity index (χ3v) is 7.08. The summed E-state index contributed by atoms with van der Waals surface area (Å²) in [5.41, 5.74) is 1.30. The molecule has 0 aliphatic heterocycles. The van der Waals surface area contributed by atoms with Gasteiger partial charge < -0.3 is 5.11 Å². The lowest BCUT2D eigenvalue weighted by molar-refractivity contribution is -0.385. The highest BCUT2D eigenvalue weighted by Crippen LogP contribution is 2.60. The standard InChI is InChI=1S/C19H23NO4/c1-19-9-8-13-12-4-6-16(20(23)24)17(21)10-11(12)2-3-14(13)15(19)5-7-18(19)22/h4,6,10,13-15,18,22H,2-3,5,7-9H2,1H3/t13-,14-,15+,18+,19+/m1/s1. The second kappa shape index (κ2) is 5.38. The van der Waals surface area contributed by atoms with Gasteiger partial charge in [0.15, 0.2) is 0 Å². The molecule has 0 radical (unpaired) electrons. The molecule has 1 aromatic carbocycles. The van der Waals surface area contributed by atoms with Gasteiger partial charge in [-0.3, -0.25) is 14.9 Å². The van der Waals surface area contributed by atoms with Crippen LogP contribution in [0.25, 0.3) is 0 Å². The first kappa shape index (κ1) is 15.8. The van der Waals surface area contributed by atoms with Crippen molar-refractivity contribution in [3.63, 3.8) is 0 Å². The molecule has 0 bridgehead atoms. The zero-order valence-corrected chi connectivity index (χ0v) is 13.9. The quantitative estimate of drug-likeness (QED) is 0.634. The molecule has 0 aromatic heterocycles. The zero-order chi connectivity index (χ0) is 17.1. The fourth-order valence-corrected chi connectivity index (χ4v) is 5.77. The van der Waals surface area contributed by atoms with Crippen LogP contribution in [0, 0.1) is 27.4 Å². The van der Waals surface area contributed by atoms with E-state index in [2.05, 4.69) is 6.92 Å². The molecular weight excluding hydrogens is 306 g/mol. The van der Waals surface area contributed by atoms with Crippen LogP contribution in [0.4, 0.5) is 5.69 Å². The Hall–Kier alpha value is -1.75. The summed E-state index contributed by atoms with van der Waals surface area (Å²) >= 11 is 0. The number of rotatable bonds is 1. The van der Waals surface area contributed by atoms with Gasteiger partial charge in [0, 0.05) is 6.07 Å². The van der Waals surface area contributed by atoms with Gasteiger partial charge in [0.25, 0.3) is 5.43 Å². The lowest BCUT2D eigenvalue weighted by Gasteiger charge is -2.49. The molecule has 1 aromatic rings. The number of hydrogen-bond donors (Lipinski definition) is 1. The number of nitro groups is 1. The highest BCUT2D eigenvalue weighted by atomic mass is 16.6. The van der Waals surface area contributed by atoms with Crippen molar-refractivity contribution in [2.24, 2.45) is 17.3 Å². The third kappa shape index (κ3) is 2.14. The van der Waals surface area contributed by atoms with Crippen molar-refractivity contribution in [2.45, 2.75) is 57.5 Å². The molecule has 2 fully saturated rings. The minimum Gasteiger partial charge on any atom is -0.393 e. The second-order valence-electron chi connectivity index (χ2n) is 8.02. The number of fused-ring (bicyclic) bond motifs is 5.